The Bertz CT molecular complexity index is 387. The number of carbonyl (C=O) groups excluding carboxylic acids is 1. The van der Waals surface area contributed by atoms with E-state index in [1.54, 1.807) is 11.8 Å². The van der Waals surface area contributed by atoms with Gasteiger partial charge < -0.3 is 10.1 Å². The van der Waals surface area contributed by atoms with E-state index in [9.17, 15) is 4.79 Å². The van der Waals surface area contributed by atoms with Crippen LogP contribution in [0.1, 0.15) is 13.3 Å². The summed E-state index contributed by atoms with van der Waals surface area (Å²) in [6.45, 7) is 2.85. The van der Waals surface area contributed by atoms with Gasteiger partial charge in [0.1, 0.15) is 6.04 Å². The van der Waals surface area contributed by atoms with Crippen LogP contribution in [0, 0.1) is 0 Å². The van der Waals surface area contributed by atoms with Crippen LogP contribution in [0.25, 0.3) is 0 Å². The van der Waals surface area contributed by atoms with Crippen molar-refractivity contribution in [1.29, 1.82) is 0 Å². The van der Waals surface area contributed by atoms with Crippen LogP contribution in [-0.4, -0.2) is 31.4 Å². The lowest BCUT2D eigenvalue weighted by atomic mass is 10.3. The Labute approximate surface area is 117 Å². The summed E-state index contributed by atoms with van der Waals surface area (Å²) in [7, 11) is 1.41. The minimum absolute atomic E-state index is 0.233. The molecule has 1 unspecified atom stereocenters. The van der Waals surface area contributed by atoms with Crippen molar-refractivity contribution in [2.75, 3.05) is 19.4 Å². The largest absolute Gasteiger partial charge is 0.468 e. The lowest BCUT2D eigenvalue weighted by Crippen LogP contribution is -2.40. The molecule has 0 aliphatic rings. The number of benzene rings is 1. The van der Waals surface area contributed by atoms with Gasteiger partial charge in [0.05, 0.1) is 12.1 Å². The molecule has 0 saturated heterocycles. The van der Waals surface area contributed by atoms with Gasteiger partial charge in [0.2, 0.25) is 0 Å². The van der Waals surface area contributed by atoms with E-state index < -0.39 is 0 Å². The number of methoxy groups -OCH3 is 1. The third-order valence-electron chi connectivity index (χ3n) is 2.37. The van der Waals surface area contributed by atoms with Crippen molar-refractivity contribution in [2.24, 2.45) is 0 Å². The van der Waals surface area contributed by atoms with Crippen molar-refractivity contribution in [2.45, 2.75) is 24.3 Å². The van der Waals surface area contributed by atoms with Crippen molar-refractivity contribution < 1.29 is 9.53 Å². The van der Waals surface area contributed by atoms with E-state index in [4.69, 9.17) is 16.3 Å². The SMILES string of the molecule is CCCNC(CSc1ccccc1Cl)C(=O)OC. The van der Waals surface area contributed by atoms with Gasteiger partial charge in [-0.3, -0.25) is 4.79 Å². The Kier molecular flexibility index (Phi) is 7.16. The van der Waals surface area contributed by atoms with Gasteiger partial charge in [0.25, 0.3) is 0 Å². The summed E-state index contributed by atoms with van der Waals surface area (Å²) in [5.41, 5.74) is 0. The van der Waals surface area contributed by atoms with Crippen LogP contribution >= 0.6 is 23.4 Å². The number of nitrogens with one attached hydrogen (secondary N) is 1. The maximum absolute atomic E-state index is 11.6. The highest BCUT2D eigenvalue weighted by Gasteiger charge is 2.18. The van der Waals surface area contributed by atoms with Gasteiger partial charge in [-0.15, -0.1) is 11.8 Å². The highest BCUT2D eigenvalue weighted by molar-refractivity contribution is 7.99. The lowest BCUT2D eigenvalue weighted by molar-refractivity contribution is -0.142. The number of ether oxygens (including phenoxy) is 1. The topological polar surface area (TPSA) is 38.3 Å². The van der Waals surface area contributed by atoms with Crippen LogP contribution < -0.4 is 5.32 Å². The van der Waals surface area contributed by atoms with Gasteiger partial charge in [-0.05, 0) is 25.1 Å². The highest BCUT2D eigenvalue weighted by Crippen LogP contribution is 2.27. The summed E-state index contributed by atoms with van der Waals surface area (Å²) in [6, 6.07) is 7.31. The van der Waals surface area contributed by atoms with Crippen LogP contribution in [0.3, 0.4) is 0 Å². The third kappa shape index (κ3) is 4.88. The Morgan fingerprint density at radius 2 is 2.22 bits per heavy atom. The van der Waals surface area contributed by atoms with E-state index in [0.29, 0.717) is 10.8 Å². The molecule has 1 N–H and O–H groups in total. The van der Waals surface area contributed by atoms with Gasteiger partial charge in [-0.1, -0.05) is 30.7 Å². The van der Waals surface area contributed by atoms with E-state index in [0.717, 1.165) is 17.9 Å². The summed E-state index contributed by atoms with van der Waals surface area (Å²) in [4.78, 5) is 12.6. The van der Waals surface area contributed by atoms with Crippen LogP contribution in [0.2, 0.25) is 5.02 Å². The molecule has 18 heavy (non-hydrogen) atoms. The van der Waals surface area contributed by atoms with Crippen molar-refractivity contribution in [1.82, 2.24) is 5.32 Å². The number of thioether (sulfide) groups is 1. The molecule has 1 rings (SSSR count). The molecular weight excluding hydrogens is 270 g/mol. The first-order valence-electron chi connectivity index (χ1n) is 5.87. The molecule has 5 heteroatoms. The lowest BCUT2D eigenvalue weighted by Gasteiger charge is -2.15. The number of rotatable bonds is 7. The van der Waals surface area contributed by atoms with Gasteiger partial charge in [0, 0.05) is 10.6 Å². The molecule has 1 aromatic rings. The molecule has 3 nitrogen and oxygen atoms in total. The number of halogens is 1. The summed E-state index contributed by atoms with van der Waals surface area (Å²) < 4.78 is 4.78. The van der Waals surface area contributed by atoms with Crippen LogP contribution in [-0.2, 0) is 9.53 Å². The predicted octanol–water partition coefficient (Wildman–Crippen LogP) is 2.97. The van der Waals surface area contributed by atoms with Gasteiger partial charge >= 0.3 is 5.97 Å². The van der Waals surface area contributed by atoms with Crippen molar-refractivity contribution in [3.8, 4) is 0 Å². The van der Waals surface area contributed by atoms with E-state index in [-0.39, 0.29) is 12.0 Å². The number of hydrogen-bond acceptors (Lipinski definition) is 4. The summed E-state index contributed by atoms with van der Waals surface area (Å²) in [6.07, 6.45) is 0.976. The second kappa shape index (κ2) is 8.40. The Morgan fingerprint density at radius 1 is 1.50 bits per heavy atom. The quantitative estimate of drug-likeness (QED) is 0.618. The molecular formula is C13H18ClNO2S. The minimum Gasteiger partial charge on any atom is -0.468 e. The maximum Gasteiger partial charge on any atom is 0.323 e. The molecule has 0 aromatic heterocycles. The smallest absolute Gasteiger partial charge is 0.323 e. The van der Waals surface area contributed by atoms with Crippen LogP contribution in [0.15, 0.2) is 29.2 Å². The average Bonchev–Trinajstić information content (AvgIpc) is 2.40. The zero-order valence-electron chi connectivity index (χ0n) is 10.6. The summed E-state index contributed by atoms with van der Waals surface area (Å²) in [5.74, 6) is 0.374. The fraction of sp³-hybridized carbons (Fsp3) is 0.462. The average molecular weight is 288 g/mol. The number of hydrogen-bond donors (Lipinski definition) is 1. The number of carbonyl (C=O) groups is 1. The molecule has 0 amide bonds. The van der Waals surface area contributed by atoms with Crippen molar-refractivity contribution in [3.05, 3.63) is 29.3 Å². The normalized spacial score (nSPS) is 12.2. The zero-order valence-corrected chi connectivity index (χ0v) is 12.2. The monoisotopic (exact) mass is 287 g/mol. The van der Waals surface area contributed by atoms with Gasteiger partial charge in [-0.2, -0.15) is 0 Å². The Hall–Kier alpha value is -0.710. The van der Waals surface area contributed by atoms with Gasteiger partial charge in [0.15, 0.2) is 0 Å². The molecule has 100 valence electrons. The van der Waals surface area contributed by atoms with Crippen molar-refractivity contribution in [3.63, 3.8) is 0 Å². The number of esters is 1. The molecule has 0 fully saturated rings. The fourth-order valence-corrected chi connectivity index (χ4v) is 2.69. The first-order chi connectivity index (χ1) is 8.69. The predicted molar refractivity (Wildman–Crippen MR) is 76.3 cm³/mol. The molecule has 0 radical (unpaired) electrons. The van der Waals surface area contributed by atoms with Gasteiger partial charge in [-0.25, -0.2) is 0 Å². The molecule has 0 aliphatic carbocycles. The Morgan fingerprint density at radius 3 is 2.83 bits per heavy atom. The molecule has 1 aromatic carbocycles. The molecule has 0 saturated carbocycles. The maximum atomic E-state index is 11.6. The second-order valence-corrected chi connectivity index (χ2v) is 5.24. The van der Waals surface area contributed by atoms with E-state index in [2.05, 4.69) is 12.2 Å². The molecule has 0 bridgehead atoms. The highest BCUT2D eigenvalue weighted by atomic mass is 35.5. The van der Waals surface area contributed by atoms with Crippen LogP contribution in [0.4, 0.5) is 0 Å². The first-order valence-corrected chi connectivity index (χ1v) is 7.24. The molecule has 0 heterocycles. The van der Waals surface area contributed by atoms with Crippen molar-refractivity contribution >= 4 is 29.3 Å². The fourth-order valence-electron chi connectivity index (χ4n) is 1.41. The van der Waals surface area contributed by atoms with E-state index in [1.807, 2.05) is 24.3 Å². The molecule has 1 atom stereocenters. The zero-order chi connectivity index (χ0) is 13.4. The second-order valence-electron chi connectivity index (χ2n) is 3.77. The van der Waals surface area contributed by atoms with Crippen LogP contribution in [0.5, 0.6) is 0 Å². The summed E-state index contributed by atoms with van der Waals surface area (Å²) >= 11 is 7.62. The summed E-state index contributed by atoms with van der Waals surface area (Å²) in [5, 5.41) is 3.88. The molecule has 0 aliphatic heterocycles. The third-order valence-corrected chi connectivity index (χ3v) is 3.98. The standard InChI is InChI=1S/C13H18ClNO2S/c1-3-8-15-11(13(16)17-2)9-18-12-7-5-4-6-10(12)14/h4-7,11,15H,3,8-9H2,1-2H3. The Balaban J connectivity index is 2.56. The minimum atomic E-state index is -0.295. The molecule has 0 spiro atoms. The van der Waals surface area contributed by atoms with E-state index in [1.165, 1.54) is 7.11 Å². The first kappa shape index (κ1) is 15.3. The van der Waals surface area contributed by atoms with E-state index >= 15 is 0 Å².